The van der Waals surface area contributed by atoms with Crippen molar-refractivity contribution in [2.75, 3.05) is 29.9 Å². The van der Waals surface area contributed by atoms with E-state index in [1.807, 2.05) is 19.1 Å². The molecular formula is C12H17N3. The minimum absolute atomic E-state index is 0.704. The molecule has 2 rings (SSSR count). The molecule has 1 N–H and O–H groups in total. The van der Waals surface area contributed by atoms with E-state index in [2.05, 4.69) is 29.0 Å². The zero-order valence-corrected chi connectivity index (χ0v) is 9.33. The lowest BCUT2D eigenvalue weighted by Gasteiger charge is -2.36. The summed E-state index contributed by atoms with van der Waals surface area (Å²) in [5.41, 5.74) is 2.39. The van der Waals surface area contributed by atoms with Gasteiger partial charge in [-0.15, -0.1) is 0 Å². The van der Waals surface area contributed by atoms with Crippen LogP contribution < -0.4 is 9.80 Å². The summed E-state index contributed by atoms with van der Waals surface area (Å²) in [5, 5.41) is 7.94. The predicted molar refractivity (Wildman–Crippen MR) is 65.1 cm³/mol. The van der Waals surface area contributed by atoms with E-state index in [-0.39, 0.29) is 0 Å². The first-order valence-electron chi connectivity index (χ1n) is 5.39. The van der Waals surface area contributed by atoms with E-state index in [4.69, 9.17) is 5.41 Å². The van der Waals surface area contributed by atoms with E-state index in [0.717, 1.165) is 25.2 Å². The highest BCUT2D eigenvalue weighted by Gasteiger charge is 2.21. The second-order valence-corrected chi connectivity index (χ2v) is 3.86. The fourth-order valence-electron chi connectivity index (χ4n) is 1.98. The summed E-state index contributed by atoms with van der Waals surface area (Å²) in [6.07, 6.45) is 0.790. The smallest absolute Gasteiger partial charge is 0.100 e. The Bertz CT molecular complexity index is 373. The molecule has 0 saturated carbocycles. The highest BCUT2D eigenvalue weighted by Crippen LogP contribution is 2.31. The van der Waals surface area contributed by atoms with Gasteiger partial charge in [0.1, 0.15) is 5.84 Å². The van der Waals surface area contributed by atoms with Crippen molar-refractivity contribution in [2.24, 2.45) is 0 Å². The summed E-state index contributed by atoms with van der Waals surface area (Å²) >= 11 is 0. The van der Waals surface area contributed by atoms with Crippen LogP contribution in [0.2, 0.25) is 0 Å². The molecule has 0 aromatic heterocycles. The first kappa shape index (κ1) is 10.0. The molecule has 15 heavy (non-hydrogen) atoms. The van der Waals surface area contributed by atoms with Gasteiger partial charge in [0.25, 0.3) is 0 Å². The Labute approximate surface area is 90.8 Å². The molecule has 0 bridgehead atoms. The lowest BCUT2D eigenvalue weighted by atomic mass is 10.1. The average Bonchev–Trinajstić information content (AvgIpc) is 2.29. The topological polar surface area (TPSA) is 30.3 Å². The molecule has 1 aromatic carbocycles. The van der Waals surface area contributed by atoms with E-state index >= 15 is 0 Å². The maximum atomic E-state index is 7.94. The van der Waals surface area contributed by atoms with E-state index in [9.17, 15) is 0 Å². The summed E-state index contributed by atoms with van der Waals surface area (Å²) in [5.74, 6) is 0.704. The Morgan fingerprint density at radius 2 is 1.93 bits per heavy atom. The number of rotatable bonds is 1. The van der Waals surface area contributed by atoms with Crippen LogP contribution in [0.25, 0.3) is 0 Å². The van der Waals surface area contributed by atoms with Gasteiger partial charge < -0.3 is 9.80 Å². The number of hydrogen-bond acceptors (Lipinski definition) is 2. The molecule has 0 atom stereocenters. The number of anilines is 2. The molecule has 80 valence electrons. The Kier molecular flexibility index (Phi) is 2.62. The van der Waals surface area contributed by atoms with Crippen molar-refractivity contribution >= 4 is 17.2 Å². The van der Waals surface area contributed by atoms with Crippen LogP contribution in [0.3, 0.4) is 0 Å². The molecule has 0 amide bonds. The van der Waals surface area contributed by atoms with Crippen LogP contribution in [0.1, 0.15) is 13.3 Å². The van der Waals surface area contributed by atoms with Crippen LogP contribution in [0, 0.1) is 5.41 Å². The fourth-order valence-corrected chi connectivity index (χ4v) is 1.98. The quantitative estimate of drug-likeness (QED) is 0.561. The number of likely N-dealkylation sites (N-methyl/N-ethyl adjacent to an activating group) is 1. The summed E-state index contributed by atoms with van der Waals surface area (Å²) in [6.45, 7) is 3.93. The fraction of sp³-hybridized carbons (Fsp3) is 0.417. The molecular weight excluding hydrogens is 186 g/mol. The van der Waals surface area contributed by atoms with Gasteiger partial charge in [-0.3, -0.25) is 5.41 Å². The molecule has 1 aliphatic heterocycles. The third kappa shape index (κ3) is 1.69. The molecule has 1 aromatic rings. The van der Waals surface area contributed by atoms with Gasteiger partial charge >= 0.3 is 0 Å². The first-order valence-corrected chi connectivity index (χ1v) is 5.39. The molecule has 1 aliphatic rings. The maximum absolute atomic E-state index is 7.94. The highest BCUT2D eigenvalue weighted by molar-refractivity contribution is 5.99. The Morgan fingerprint density at radius 3 is 2.60 bits per heavy atom. The lowest BCUT2D eigenvalue weighted by Crippen LogP contribution is -2.42. The molecule has 1 heterocycles. The van der Waals surface area contributed by atoms with Crippen LogP contribution in [0.4, 0.5) is 11.4 Å². The second-order valence-electron chi connectivity index (χ2n) is 3.86. The van der Waals surface area contributed by atoms with Crippen LogP contribution in [-0.2, 0) is 0 Å². The summed E-state index contributed by atoms with van der Waals surface area (Å²) < 4.78 is 0. The third-order valence-electron chi connectivity index (χ3n) is 2.90. The van der Waals surface area contributed by atoms with Gasteiger partial charge in [-0.25, -0.2) is 0 Å². The van der Waals surface area contributed by atoms with Crippen molar-refractivity contribution in [3.63, 3.8) is 0 Å². The molecule has 0 saturated heterocycles. The third-order valence-corrected chi connectivity index (χ3v) is 2.90. The number of benzene rings is 1. The summed E-state index contributed by atoms with van der Waals surface area (Å²) in [4.78, 5) is 4.35. The Balaban J connectivity index is 2.40. The van der Waals surface area contributed by atoms with Gasteiger partial charge in [0.15, 0.2) is 0 Å². The lowest BCUT2D eigenvalue weighted by molar-refractivity contribution is 0.824. The van der Waals surface area contributed by atoms with Crippen molar-refractivity contribution in [3.8, 4) is 0 Å². The van der Waals surface area contributed by atoms with Gasteiger partial charge in [-0.05, 0) is 12.1 Å². The van der Waals surface area contributed by atoms with E-state index < -0.39 is 0 Å². The van der Waals surface area contributed by atoms with Gasteiger partial charge in [0.05, 0.1) is 11.4 Å². The number of hydrogen-bond donors (Lipinski definition) is 1. The number of amidine groups is 1. The molecule has 0 radical (unpaired) electrons. The van der Waals surface area contributed by atoms with Crippen LogP contribution >= 0.6 is 0 Å². The van der Waals surface area contributed by atoms with Crippen molar-refractivity contribution in [1.82, 2.24) is 0 Å². The van der Waals surface area contributed by atoms with Crippen LogP contribution in [0.5, 0.6) is 0 Å². The van der Waals surface area contributed by atoms with Crippen molar-refractivity contribution in [3.05, 3.63) is 24.3 Å². The van der Waals surface area contributed by atoms with E-state index in [0.29, 0.717) is 5.84 Å². The van der Waals surface area contributed by atoms with Gasteiger partial charge in [0, 0.05) is 26.6 Å². The van der Waals surface area contributed by atoms with Crippen LogP contribution in [-0.4, -0.2) is 26.0 Å². The molecule has 0 spiro atoms. The first-order chi connectivity index (χ1) is 7.24. The molecule has 3 heteroatoms. The zero-order valence-electron chi connectivity index (χ0n) is 9.33. The normalized spacial score (nSPS) is 15.1. The summed E-state index contributed by atoms with van der Waals surface area (Å²) in [7, 11) is 2.10. The summed E-state index contributed by atoms with van der Waals surface area (Å²) in [6, 6.07) is 8.29. The maximum Gasteiger partial charge on any atom is 0.100 e. The standard InChI is InChI=1S/C12H17N3/c1-3-12(13)15-9-8-14(2)10-6-4-5-7-11(10)15/h4-7,13H,3,8-9H2,1-2H3. The minimum atomic E-state index is 0.704. The Hall–Kier alpha value is -1.51. The number of para-hydroxylation sites is 2. The van der Waals surface area contributed by atoms with Gasteiger partial charge in [-0.2, -0.15) is 0 Å². The van der Waals surface area contributed by atoms with E-state index in [1.165, 1.54) is 5.69 Å². The number of fused-ring (bicyclic) bond motifs is 1. The van der Waals surface area contributed by atoms with Crippen LogP contribution in [0.15, 0.2) is 24.3 Å². The SMILES string of the molecule is CCC(=N)N1CCN(C)c2ccccc21. The largest absolute Gasteiger partial charge is 0.371 e. The molecule has 0 fully saturated rings. The number of nitrogens with zero attached hydrogens (tertiary/aromatic N) is 2. The molecule has 0 aliphatic carbocycles. The monoisotopic (exact) mass is 203 g/mol. The Morgan fingerprint density at radius 1 is 1.27 bits per heavy atom. The van der Waals surface area contributed by atoms with Crippen molar-refractivity contribution in [1.29, 1.82) is 5.41 Å². The predicted octanol–water partition coefficient (Wildman–Crippen LogP) is 2.33. The number of nitrogens with one attached hydrogen (secondary N) is 1. The van der Waals surface area contributed by atoms with Crippen molar-refractivity contribution < 1.29 is 0 Å². The van der Waals surface area contributed by atoms with Gasteiger partial charge in [0.2, 0.25) is 0 Å². The molecule has 0 unspecified atom stereocenters. The molecule has 3 nitrogen and oxygen atoms in total. The van der Waals surface area contributed by atoms with Crippen molar-refractivity contribution in [2.45, 2.75) is 13.3 Å². The van der Waals surface area contributed by atoms with E-state index in [1.54, 1.807) is 0 Å². The second kappa shape index (κ2) is 3.93. The van der Waals surface area contributed by atoms with Gasteiger partial charge in [-0.1, -0.05) is 19.1 Å². The highest BCUT2D eigenvalue weighted by atomic mass is 15.3. The zero-order chi connectivity index (χ0) is 10.8. The minimum Gasteiger partial charge on any atom is -0.371 e. The average molecular weight is 203 g/mol.